The number of hydrogen-bond acceptors (Lipinski definition) is 2. The Hall–Kier alpha value is -4.11. The fourth-order valence-electron chi connectivity index (χ4n) is 4.39. The first-order valence-corrected chi connectivity index (χ1v) is 9.90. The average molecular weight is 411 g/mol. The Morgan fingerprint density at radius 3 is 2.74 bits per heavy atom. The van der Waals surface area contributed by atoms with Crippen LogP contribution >= 0.6 is 0 Å². The molecule has 4 aromatic rings. The second-order valence-electron chi connectivity index (χ2n) is 7.49. The topological polar surface area (TPSA) is 79.2 Å². The number of primary amides is 1. The molecule has 0 aliphatic carbocycles. The first-order chi connectivity index (χ1) is 15.0. The molecule has 1 aliphatic rings. The summed E-state index contributed by atoms with van der Waals surface area (Å²) >= 11 is 0. The van der Waals surface area contributed by atoms with Gasteiger partial charge in [-0.1, -0.05) is 36.3 Å². The summed E-state index contributed by atoms with van der Waals surface area (Å²) in [5.74, 6) is 3.69. The Bertz CT molecular complexity index is 1470. The number of nitrogens with two attached hydrogens (primary N) is 1. The van der Waals surface area contributed by atoms with Crippen LogP contribution in [0, 0.1) is 17.7 Å². The lowest BCUT2D eigenvalue weighted by atomic mass is 9.95. The minimum Gasteiger partial charge on any atom is -0.366 e. The molecule has 5 nitrogen and oxygen atoms in total. The number of rotatable bonds is 2. The number of para-hydroxylation sites is 1. The number of nitrogens with one attached hydrogen (secondary N) is 1. The number of carbonyl (C=O) groups is 2. The molecule has 0 radical (unpaired) electrons. The Kier molecular flexibility index (Phi) is 4.26. The zero-order valence-electron chi connectivity index (χ0n) is 16.8. The van der Waals surface area contributed by atoms with E-state index in [1.807, 2.05) is 42.5 Å². The number of amides is 2. The van der Waals surface area contributed by atoms with Gasteiger partial charge < -0.3 is 15.6 Å². The Morgan fingerprint density at radius 2 is 1.97 bits per heavy atom. The Morgan fingerprint density at radius 1 is 1.16 bits per heavy atom. The summed E-state index contributed by atoms with van der Waals surface area (Å²) in [7, 11) is 0. The molecule has 5 rings (SSSR count). The van der Waals surface area contributed by atoms with Gasteiger partial charge in [0.25, 0.3) is 5.91 Å². The van der Waals surface area contributed by atoms with Gasteiger partial charge in [0.2, 0.25) is 0 Å². The van der Waals surface area contributed by atoms with Crippen LogP contribution in [-0.2, 0) is 11.2 Å². The van der Waals surface area contributed by atoms with E-state index in [2.05, 4.69) is 16.8 Å². The van der Waals surface area contributed by atoms with Crippen LogP contribution < -0.4 is 10.6 Å². The standard InChI is InChI=1S/C25H18FN3O2/c1-2-5-21(30)29-11-10-14-8-9-15(12-20(14)29)22-18(26)13-17(25(27)31)24-23(22)16-6-3-4-7-19(16)28-24/h3-4,6-9,12-13,28H,10-11H2,1H3,(H2,27,31). The van der Waals surface area contributed by atoms with E-state index in [-0.39, 0.29) is 11.5 Å². The van der Waals surface area contributed by atoms with Gasteiger partial charge in [0.15, 0.2) is 0 Å². The largest absolute Gasteiger partial charge is 0.366 e. The van der Waals surface area contributed by atoms with Crippen molar-refractivity contribution in [3.63, 3.8) is 0 Å². The van der Waals surface area contributed by atoms with Crippen LogP contribution in [0.2, 0.25) is 0 Å². The molecule has 0 atom stereocenters. The second kappa shape index (κ2) is 6.99. The zero-order valence-corrected chi connectivity index (χ0v) is 16.8. The minimum atomic E-state index is -0.703. The lowest BCUT2D eigenvalue weighted by Crippen LogP contribution is -2.27. The molecule has 6 heteroatoms. The van der Waals surface area contributed by atoms with E-state index in [9.17, 15) is 9.59 Å². The van der Waals surface area contributed by atoms with Crippen molar-refractivity contribution in [2.45, 2.75) is 13.3 Å². The molecule has 3 N–H and O–H groups in total. The van der Waals surface area contributed by atoms with Crippen molar-refractivity contribution in [2.75, 3.05) is 11.4 Å². The molecule has 0 unspecified atom stereocenters. The number of hydrogen-bond donors (Lipinski definition) is 2. The van der Waals surface area contributed by atoms with E-state index < -0.39 is 11.7 Å². The van der Waals surface area contributed by atoms with Gasteiger partial charge in [0, 0.05) is 34.1 Å². The van der Waals surface area contributed by atoms with E-state index in [1.54, 1.807) is 11.8 Å². The normalized spacial score (nSPS) is 12.6. The highest BCUT2D eigenvalue weighted by Crippen LogP contribution is 2.41. The third-order valence-electron chi connectivity index (χ3n) is 5.75. The number of halogens is 1. The fourth-order valence-corrected chi connectivity index (χ4v) is 4.39. The van der Waals surface area contributed by atoms with Gasteiger partial charge in [-0.05, 0) is 48.6 Å². The molecule has 3 aromatic carbocycles. The van der Waals surface area contributed by atoms with E-state index in [1.165, 1.54) is 6.07 Å². The minimum absolute atomic E-state index is 0.101. The molecule has 0 saturated carbocycles. The van der Waals surface area contributed by atoms with Crippen LogP contribution in [0.1, 0.15) is 22.8 Å². The summed E-state index contributed by atoms with van der Waals surface area (Å²) in [6, 6.07) is 14.2. The van der Waals surface area contributed by atoms with Crippen LogP contribution in [-0.4, -0.2) is 23.3 Å². The number of anilines is 1. The first-order valence-electron chi connectivity index (χ1n) is 9.90. The smallest absolute Gasteiger partial charge is 0.302 e. The number of carbonyl (C=O) groups excluding carboxylic acids is 2. The third-order valence-corrected chi connectivity index (χ3v) is 5.75. The summed E-state index contributed by atoms with van der Waals surface area (Å²) in [4.78, 5) is 29.2. The Balaban J connectivity index is 1.81. The maximum atomic E-state index is 15.4. The van der Waals surface area contributed by atoms with Gasteiger partial charge in [-0.25, -0.2) is 4.39 Å². The number of fused-ring (bicyclic) bond motifs is 4. The summed E-state index contributed by atoms with van der Waals surface area (Å²) in [5, 5.41) is 1.38. The molecule has 0 spiro atoms. The van der Waals surface area contributed by atoms with Crippen molar-refractivity contribution in [2.24, 2.45) is 5.73 Å². The zero-order chi connectivity index (χ0) is 21.7. The molecule has 1 aliphatic heterocycles. The number of nitrogens with zero attached hydrogens (tertiary/aromatic N) is 1. The third kappa shape index (κ3) is 2.86. The highest BCUT2D eigenvalue weighted by atomic mass is 19.1. The van der Waals surface area contributed by atoms with Crippen molar-refractivity contribution >= 4 is 39.3 Å². The van der Waals surface area contributed by atoms with Crippen LogP contribution in [0.15, 0.2) is 48.5 Å². The Labute approximate surface area is 177 Å². The van der Waals surface area contributed by atoms with Crippen molar-refractivity contribution < 1.29 is 14.0 Å². The monoisotopic (exact) mass is 411 g/mol. The van der Waals surface area contributed by atoms with Gasteiger partial charge in [0.1, 0.15) is 5.82 Å². The SMILES string of the molecule is CC#CC(=O)N1CCc2ccc(-c3c(F)cc(C(N)=O)c4[nH]c5ccccc5c34)cc21. The number of H-pyrrole nitrogens is 1. The van der Waals surface area contributed by atoms with Gasteiger partial charge in [-0.3, -0.25) is 9.59 Å². The lowest BCUT2D eigenvalue weighted by Gasteiger charge is -2.16. The van der Waals surface area contributed by atoms with Gasteiger partial charge in [-0.2, -0.15) is 0 Å². The van der Waals surface area contributed by atoms with Crippen molar-refractivity contribution in [3.8, 4) is 23.0 Å². The summed E-state index contributed by atoms with van der Waals surface area (Å²) in [6.07, 6.45) is 0.721. The molecule has 0 bridgehead atoms. The molecule has 2 amide bonds. The van der Waals surface area contributed by atoms with E-state index in [0.29, 0.717) is 28.6 Å². The van der Waals surface area contributed by atoms with E-state index >= 15 is 4.39 Å². The predicted molar refractivity (Wildman–Crippen MR) is 119 cm³/mol. The fraction of sp³-hybridized carbons (Fsp3) is 0.120. The molecule has 152 valence electrons. The molecular formula is C25H18FN3O2. The van der Waals surface area contributed by atoms with Gasteiger partial charge in [0.05, 0.1) is 11.1 Å². The average Bonchev–Trinajstić information content (AvgIpc) is 3.34. The lowest BCUT2D eigenvalue weighted by molar-refractivity contribution is -0.113. The number of aromatic nitrogens is 1. The van der Waals surface area contributed by atoms with E-state index in [4.69, 9.17) is 5.73 Å². The highest BCUT2D eigenvalue weighted by molar-refractivity contribution is 6.20. The van der Waals surface area contributed by atoms with E-state index in [0.717, 1.165) is 28.6 Å². The maximum Gasteiger partial charge on any atom is 0.302 e. The summed E-state index contributed by atoms with van der Waals surface area (Å²) in [6.45, 7) is 2.16. The molecule has 2 heterocycles. The van der Waals surface area contributed by atoms with Crippen LogP contribution in [0.5, 0.6) is 0 Å². The highest BCUT2D eigenvalue weighted by Gasteiger charge is 2.26. The van der Waals surface area contributed by atoms with Crippen LogP contribution in [0.25, 0.3) is 32.9 Å². The molecular weight excluding hydrogens is 393 g/mol. The molecule has 31 heavy (non-hydrogen) atoms. The summed E-state index contributed by atoms with van der Waals surface area (Å²) < 4.78 is 15.4. The van der Waals surface area contributed by atoms with Crippen molar-refractivity contribution in [1.82, 2.24) is 4.98 Å². The van der Waals surface area contributed by atoms with Gasteiger partial charge in [-0.15, -0.1) is 0 Å². The first kappa shape index (κ1) is 18.9. The van der Waals surface area contributed by atoms with Crippen LogP contribution in [0.3, 0.4) is 0 Å². The van der Waals surface area contributed by atoms with Crippen molar-refractivity contribution in [3.05, 3.63) is 65.5 Å². The molecule has 0 saturated heterocycles. The van der Waals surface area contributed by atoms with Crippen LogP contribution in [0.4, 0.5) is 10.1 Å². The molecule has 1 aromatic heterocycles. The maximum absolute atomic E-state index is 15.4. The summed E-state index contributed by atoms with van der Waals surface area (Å²) in [5.41, 5.74) is 9.63. The van der Waals surface area contributed by atoms with Crippen molar-refractivity contribution in [1.29, 1.82) is 0 Å². The quantitative estimate of drug-likeness (QED) is 0.486. The number of aromatic amines is 1. The number of benzene rings is 3. The second-order valence-corrected chi connectivity index (χ2v) is 7.49. The predicted octanol–water partition coefficient (Wildman–Crippen LogP) is 4.14. The molecule has 0 fully saturated rings. The van der Waals surface area contributed by atoms with Gasteiger partial charge >= 0.3 is 5.91 Å².